The molecule has 230 valence electrons. The Balaban J connectivity index is 0.000000316. The fourth-order valence-corrected chi connectivity index (χ4v) is 5.80. The molecule has 2 fully saturated rings. The summed E-state index contributed by atoms with van der Waals surface area (Å²) < 4.78 is 11.0. The molecule has 1 saturated carbocycles. The molecule has 6 N–H and O–H groups in total. The van der Waals surface area contributed by atoms with Gasteiger partial charge in [-0.05, 0) is 55.0 Å². The van der Waals surface area contributed by atoms with Crippen molar-refractivity contribution in [3.05, 3.63) is 53.3 Å². The van der Waals surface area contributed by atoms with Crippen molar-refractivity contribution in [3.8, 4) is 11.5 Å². The molecule has 42 heavy (non-hydrogen) atoms. The van der Waals surface area contributed by atoms with E-state index in [1.54, 1.807) is 13.3 Å². The summed E-state index contributed by atoms with van der Waals surface area (Å²) >= 11 is 0. The number of aryl methyl sites for hydroxylation is 1. The number of hydrogen-bond acceptors (Lipinski definition) is 10. The van der Waals surface area contributed by atoms with Crippen LogP contribution in [-0.2, 0) is 26.5 Å². The van der Waals surface area contributed by atoms with E-state index in [0.717, 1.165) is 49.3 Å². The zero-order valence-corrected chi connectivity index (χ0v) is 23.6. The first kappa shape index (κ1) is 32.7. The van der Waals surface area contributed by atoms with E-state index in [4.69, 9.17) is 35.0 Å². The van der Waals surface area contributed by atoms with Crippen molar-refractivity contribution in [2.75, 3.05) is 33.4 Å². The number of methoxy groups -OCH3 is 1. The van der Waals surface area contributed by atoms with Crippen LogP contribution in [0, 0.1) is 18.8 Å². The van der Waals surface area contributed by atoms with E-state index >= 15 is 0 Å². The van der Waals surface area contributed by atoms with E-state index < -0.39 is 42.0 Å². The van der Waals surface area contributed by atoms with Gasteiger partial charge in [0.15, 0.2) is 17.1 Å². The highest BCUT2D eigenvalue weighted by Gasteiger charge is 2.53. The number of rotatable bonds is 12. The van der Waals surface area contributed by atoms with E-state index in [-0.39, 0.29) is 19.1 Å². The number of likely N-dealkylation sites (tertiary alicyclic amines) is 1. The van der Waals surface area contributed by atoms with Crippen molar-refractivity contribution in [1.82, 2.24) is 9.88 Å². The van der Waals surface area contributed by atoms with Crippen molar-refractivity contribution < 1.29 is 54.5 Å². The van der Waals surface area contributed by atoms with Gasteiger partial charge in [0, 0.05) is 31.7 Å². The van der Waals surface area contributed by atoms with E-state index in [0.29, 0.717) is 17.4 Å². The predicted molar refractivity (Wildman–Crippen MR) is 147 cm³/mol. The first-order chi connectivity index (χ1) is 19.8. The zero-order chi connectivity index (χ0) is 31.1. The Hall–Kier alpha value is -3.78. The molecule has 2 aromatic rings. The Morgan fingerprint density at radius 2 is 1.79 bits per heavy atom. The molecule has 1 aliphatic heterocycles. The van der Waals surface area contributed by atoms with Gasteiger partial charge < -0.3 is 40.1 Å². The summed E-state index contributed by atoms with van der Waals surface area (Å²) in [6.07, 6.45) is 1.32. The second-order valence-corrected chi connectivity index (χ2v) is 10.7. The number of aliphatic hydroxyl groups excluding tert-OH is 1. The molecule has 0 spiro atoms. The molecule has 13 heteroatoms. The van der Waals surface area contributed by atoms with Crippen molar-refractivity contribution in [1.29, 1.82) is 0 Å². The molecule has 3 atom stereocenters. The third-order valence-electron chi connectivity index (χ3n) is 7.71. The van der Waals surface area contributed by atoms with Crippen molar-refractivity contribution >= 4 is 17.9 Å². The average molecular weight is 591 g/mol. The monoisotopic (exact) mass is 590 g/mol. The first-order valence-electron chi connectivity index (χ1n) is 13.5. The van der Waals surface area contributed by atoms with Crippen molar-refractivity contribution in [2.24, 2.45) is 11.8 Å². The fourth-order valence-electron chi connectivity index (χ4n) is 5.80. The van der Waals surface area contributed by atoms with E-state index in [9.17, 15) is 19.5 Å². The van der Waals surface area contributed by atoms with Gasteiger partial charge in [0.05, 0.1) is 32.3 Å². The van der Waals surface area contributed by atoms with Gasteiger partial charge in [-0.25, -0.2) is 4.79 Å². The average Bonchev–Trinajstić information content (AvgIpc) is 3.47. The van der Waals surface area contributed by atoms with Crippen molar-refractivity contribution in [2.45, 2.75) is 50.4 Å². The number of aromatic nitrogens is 1. The summed E-state index contributed by atoms with van der Waals surface area (Å²) in [5, 5.41) is 54.3. The third kappa shape index (κ3) is 7.73. The fraction of sp³-hybridized carbons (Fsp3) is 0.517. The SMILES string of the molecule is COc1cc(CN2C[C@@H]3CC[C@@](O)(c4ncccc4C)[C@@H]3C2)ccc1OCCO.O=C(O)CC(O)(CC(=O)O)C(=O)O. The van der Waals surface area contributed by atoms with E-state index in [1.165, 1.54) is 0 Å². The Morgan fingerprint density at radius 1 is 1.10 bits per heavy atom. The number of fused-ring (bicyclic) bond motifs is 1. The molecule has 0 amide bonds. The highest BCUT2D eigenvalue weighted by molar-refractivity contribution is 5.88. The van der Waals surface area contributed by atoms with Crippen LogP contribution in [-0.4, -0.2) is 97.4 Å². The molecule has 0 bridgehead atoms. The molecule has 1 aromatic carbocycles. The molecule has 1 aromatic heterocycles. The smallest absolute Gasteiger partial charge is 0.336 e. The number of nitrogens with zero attached hydrogens (tertiary/aromatic N) is 2. The van der Waals surface area contributed by atoms with Gasteiger partial charge in [-0.15, -0.1) is 0 Å². The number of ether oxygens (including phenoxy) is 2. The summed E-state index contributed by atoms with van der Waals surface area (Å²) in [6.45, 7) is 4.91. The minimum absolute atomic E-state index is 0.0277. The maximum Gasteiger partial charge on any atom is 0.336 e. The van der Waals surface area contributed by atoms with Gasteiger partial charge in [0.25, 0.3) is 0 Å². The van der Waals surface area contributed by atoms with Crippen LogP contribution in [0.5, 0.6) is 11.5 Å². The maximum atomic E-state index is 11.6. The summed E-state index contributed by atoms with van der Waals surface area (Å²) in [5.41, 5.74) is -0.503. The van der Waals surface area contributed by atoms with Gasteiger partial charge in [0.2, 0.25) is 0 Å². The van der Waals surface area contributed by atoms with Crippen LogP contribution >= 0.6 is 0 Å². The quantitative estimate of drug-likeness (QED) is 0.206. The number of aliphatic carboxylic acids is 3. The number of pyridine rings is 1. The standard InChI is InChI=1S/C23H30N2O4.C6H8O7/c1-16-4-3-9-24-22(16)23(27)8-7-18-14-25(15-19(18)23)13-17-5-6-20(29-11-10-26)21(12-17)28-2;7-3(8)1-6(13,5(11)12)2-4(9)10/h3-6,9,12,18-19,26-27H,7-8,10-11,13-15H2,1-2H3;13H,1-2H2,(H,7,8)(H,9,10)(H,11,12)/t18-,19+,23-;/m0./s1. The molecule has 2 heterocycles. The maximum absolute atomic E-state index is 11.6. The highest BCUT2D eigenvalue weighted by atomic mass is 16.5. The third-order valence-corrected chi connectivity index (χ3v) is 7.71. The Morgan fingerprint density at radius 3 is 2.36 bits per heavy atom. The lowest BCUT2D eigenvalue weighted by Crippen LogP contribution is -2.42. The molecule has 1 saturated heterocycles. The Kier molecular flexibility index (Phi) is 10.9. The first-order valence-corrected chi connectivity index (χ1v) is 13.5. The molecule has 2 aliphatic rings. The zero-order valence-electron chi connectivity index (χ0n) is 23.6. The second kappa shape index (κ2) is 13.9. The van der Waals surface area contributed by atoms with Gasteiger partial charge in [-0.3, -0.25) is 19.5 Å². The lowest BCUT2D eigenvalue weighted by molar-refractivity contribution is -0.170. The molecule has 13 nitrogen and oxygen atoms in total. The molecule has 0 unspecified atom stereocenters. The summed E-state index contributed by atoms with van der Waals surface area (Å²) in [4.78, 5) is 37.4. The van der Waals surface area contributed by atoms with Crippen LogP contribution in [0.1, 0.15) is 42.5 Å². The van der Waals surface area contributed by atoms with Gasteiger partial charge >= 0.3 is 17.9 Å². The van der Waals surface area contributed by atoms with Crippen LogP contribution < -0.4 is 9.47 Å². The Bertz CT molecular complexity index is 1250. The summed E-state index contributed by atoms with van der Waals surface area (Å²) in [7, 11) is 1.63. The number of aliphatic hydroxyl groups is 3. The highest BCUT2D eigenvalue weighted by Crippen LogP contribution is 2.50. The molecule has 4 rings (SSSR count). The topological polar surface area (TPSA) is 207 Å². The van der Waals surface area contributed by atoms with Crippen molar-refractivity contribution in [3.63, 3.8) is 0 Å². The van der Waals surface area contributed by atoms with E-state index in [2.05, 4.69) is 9.88 Å². The van der Waals surface area contributed by atoms with Gasteiger partial charge in [-0.1, -0.05) is 12.1 Å². The van der Waals surface area contributed by atoms with Gasteiger partial charge in [0.1, 0.15) is 12.2 Å². The molecule has 0 radical (unpaired) electrons. The molecular weight excluding hydrogens is 552 g/mol. The summed E-state index contributed by atoms with van der Waals surface area (Å²) in [5.74, 6) is -2.99. The number of carbonyl (C=O) groups is 3. The number of benzene rings is 1. The molecular formula is C29H38N2O11. The number of carboxylic acids is 3. The van der Waals surface area contributed by atoms with Gasteiger partial charge in [-0.2, -0.15) is 0 Å². The van der Waals surface area contributed by atoms with Crippen LogP contribution in [0.15, 0.2) is 36.5 Å². The molecule has 1 aliphatic carbocycles. The normalized spacial score (nSPS) is 21.6. The minimum Gasteiger partial charge on any atom is -0.493 e. The second-order valence-electron chi connectivity index (χ2n) is 10.7. The minimum atomic E-state index is -2.74. The number of hydrogen-bond donors (Lipinski definition) is 6. The number of carboxylic acid groups (broad SMARTS) is 3. The predicted octanol–water partition coefficient (Wildman–Crippen LogP) is 1.25. The van der Waals surface area contributed by atoms with Crippen LogP contribution in [0.25, 0.3) is 0 Å². The Labute approximate surface area is 243 Å². The van der Waals surface area contributed by atoms with Crippen LogP contribution in [0.4, 0.5) is 0 Å². The summed E-state index contributed by atoms with van der Waals surface area (Å²) in [6, 6.07) is 9.90. The van der Waals surface area contributed by atoms with Crippen LogP contribution in [0.3, 0.4) is 0 Å². The lowest BCUT2D eigenvalue weighted by atomic mass is 9.83. The lowest BCUT2D eigenvalue weighted by Gasteiger charge is -2.31. The van der Waals surface area contributed by atoms with E-state index in [1.807, 2.05) is 37.3 Å². The van der Waals surface area contributed by atoms with Crippen LogP contribution in [0.2, 0.25) is 0 Å². The largest absolute Gasteiger partial charge is 0.493 e.